The van der Waals surface area contributed by atoms with Crippen molar-refractivity contribution in [1.82, 2.24) is 5.32 Å². The molecule has 0 saturated heterocycles. The summed E-state index contributed by atoms with van der Waals surface area (Å²) in [5, 5.41) is 2.80. The van der Waals surface area contributed by atoms with Gasteiger partial charge in [-0.15, -0.1) is 0 Å². The molecule has 1 amide bonds. The molecule has 0 atom stereocenters. The topological polar surface area (TPSA) is 84.5 Å². The maximum atomic E-state index is 13.0. The number of para-hydroxylation sites is 1. The molecule has 3 aromatic rings. The predicted octanol–water partition coefficient (Wildman–Crippen LogP) is 4.00. The van der Waals surface area contributed by atoms with Gasteiger partial charge in [0.05, 0.1) is 12.0 Å². The highest BCUT2D eigenvalue weighted by molar-refractivity contribution is 7.92. The molecule has 0 unspecified atom stereocenters. The lowest BCUT2D eigenvalue weighted by Crippen LogP contribution is -2.25. The standard InChI is InChI=1S/C23H23FN2O4S/c1-30-22-10-3-2-6-17(22)8-5-15-25-23(27)18-7-4-9-21(16-18)31(28,29)26-20-13-11-19(24)12-14-20/h2-4,6-7,9-14,16,26H,5,8,15H2,1H3,(H,25,27). The number of aryl methyl sites for hydroxylation is 1. The van der Waals surface area contributed by atoms with Crippen LogP contribution in [0.1, 0.15) is 22.3 Å². The van der Waals surface area contributed by atoms with Gasteiger partial charge >= 0.3 is 0 Å². The highest BCUT2D eigenvalue weighted by Crippen LogP contribution is 2.19. The maximum Gasteiger partial charge on any atom is 0.261 e. The van der Waals surface area contributed by atoms with Crippen LogP contribution in [0.4, 0.5) is 10.1 Å². The van der Waals surface area contributed by atoms with Crippen LogP contribution in [0.3, 0.4) is 0 Å². The number of benzene rings is 3. The Bertz CT molecular complexity index is 1150. The van der Waals surface area contributed by atoms with Gasteiger partial charge in [0, 0.05) is 17.8 Å². The summed E-state index contributed by atoms with van der Waals surface area (Å²) in [6.07, 6.45) is 1.44. The molecule has 0 aliphatic heterocycles. The number of methoxy groups -OCH3 is 1. The normalized spacial score (nSPS) is 11.0. The molecule has 2 N–H and O–H groups in total. The van der Waals surface area contributed by atoms with Crippen LogP contribution < -0.4 is 14.8 Å². The second-order valence-corrected chi connectivity index (χ2v) is 8.49. The molecule has 0 heterocycles. The second kappa shape index (κ2) is 10.1. The molecule has 0 fully saturated rings. The zero-order valence-electron chi connectivity index (χ0n) is 17.0. The minimum absolute atomic E-state index is 0.0569. The molecule has 3 aromatic carbocycles. The Hall–Kier alpha value is -3.39. The van der Waals surface area contributed by atoms with Crippen molar-refractivity contribution >= 4 is 21.6 Å². The number of rotatable bonds is 9. The van der Waals surface area contributed by atoms with Gasteiger partial charge in [-0.3, -0.25) is 9.52 Å². The van der Waals surface area contributed by atoms with Crippen LogP contribution in [0, 0.1) is 5.82 Å². The largest absolute Gasteiger partial charge is 0.496 e. The fourth-order valence-electron chi connectivity index (χ4n) is 3.03. The molecule has 162 valence electrons. The van der Waals surface area contributed by atoms with Crippen molar-refractivity contribution in [3.05, 3.63) is 89.7 Å². The first-order valence-electron chi connectivity index (χ1n) is 9.67. The average molecular weight is 443 g/mol. The van der Waals surface area contributed by atoms with Gasteiger partial charge in [0.15, 0.2) is 0 Å². The first-order valence-corrected chi connectivity index (χ1v) is 11.2. The number of ether oxygens (including phenoxy) is 1. The van der Waals surface area contributed by atoms with Gasteiger partial charge in [-0.05, 0) is 66.9 Å². The molecule has 0 bridgehead atoms. The van der Waals surface area contributed by atoms with Crippen molar-refractivity contribution in [2.24, 2.45) is 0 Å². The van der Waals surface area contributed by atoms with E-state index in [-0.39, 0.29) is 22.1 Å². The molecule has 3 rings (SSSR count). The molecule has 0 aliphatic rings. The highest BCUT2D eigenvalue weighted by Gasteiger charge is 2.16. The van der Waals surface area contributed by atoms with Gasteiger partial charge in [-0.2, -0.15) is 0 Å². The molecule has 0 aliphatic carbocycles. The van der Waals surface area contributed by atoms with E-state index in [0.29, 0.717) is 13.0 Å². The molecule has 31 heavy (non-hydrogen) atoms. The number of carbonyl (C=O) groups excluding carboxylic acids is 1. The summed E-state index contributed by atoms with van der Waals surface area (Å²) in [7, 11) is -2.30. The Morgan fingerprint density at radius 1 is 1.00 bits per heavy atom. The molecule has 0 spiro atoms. The zero-order valence-corrected chi connectivity index (χ0v) is 17.8. The highest BCUT2D eigenvalue weighted by atomic mass is 32.2. The Morgan fingerprint density at radius 2 is 1.74 bits per heavy atom. The molecule has 0 aromatic heterocycles. The number of hydrogen-bond acceptors (Lipinski definition) is 4. The fraction of sp³-hybridized carbons (Fsp3) is 0.174. The lowest BCUT2D eigenvalue weighted by Gasteiger charge is -2.10. The fourth-order valence-corrected chi connectivity index (χ4v) is 4.13. The van der Waals surface area contributed by atoms with Crippen LogP contribution in [-0.2, 0) is 16.4 Å². The summed E-state index contributed by atoms with van der Waals surface area (Å²) in [6.45, 7) is 0.432. The Labute approximate surface area is 181 Å². The van der Waals surface area contributed by atoms with Gasteiger partial charge in [-0.1, -0.05) is 24.3 Å². The third-order valence-electron chi connectivity index (χ3n) is 4.60. The minimum Gasteiger partial charge on any atom is -0.496 e. The number of hydrogen-bond donors (Lipinski definition) is 2. The van der Waals surface area contributed by atoms with Crippen molar-refractivity contribution < 1.29 is 22.3 Å². The van der Waals surface area contributed by atoms with E-state index in [4.69, 9.17) is 4.74 Å². The number of carbonyl (C=O) groups is 1. The molecular formula is C23H23FN2O4S. The smallest absolute Gasteiger partial charge is 0.261 e. The summed E-state index contributed by atoms with van der Waals surface area (Å²) >= 11 is 0. The quantitative estimate of drug-likeness (QED) is 0.491. The van der Waals surface area contributed by atoms with Crippen molar-refractivity contribution in [2.75, 3.05) is 18.4 Å². The summed E-state index contributed by atoms with van der Waals surface area (Å²) in [5.74, 6) is -0.0217. The van der Waals surface area contributed by atoms with E-state index >= 15 is 0 Å². The van der Waals surface area contributed by atoms with Crippen LogP contribution in [0.25, 0.3) is 0 Å². The number of amides is 1. The van der Waals surface area contributed by atoms with E-state index in [1.165, 1.54) is 30.3 Å². The molecular weight excluding hydrogens is 419 g/mol. The maximum absolute atomic E-state index is 13.0. The van der Waals surface area contributed by atoms with Crippen molar-refractivity contribution in [3.8, 4) is 5.75 Å². The molecule has 0 saturated carbocycles. The van der Waals surface area contributed by atoms with E-state index in [9.17, 15) is 17.6 Å². The Kier molecular flexibility index (Phi) is 7.25. The molecule has 6 nitrogen and oxygen atoms in total. The van der Waals surface area contributed by atoms with E-state index in [2.05, 4.69) is 10.0 Å². The van der Waals surface area contributed by atoms with Crippen molar-refractivity contribution in [2.45, 2.75) is 17.7 Å². The van der Waals surface area contributed by atoms with Gasteiger partial charge < -0.3 is 10.1 Å². The summed E-state index contributed by atoms with van der Waals surface area (Å²) in [5.41, 5.74) is 1.52. The lowest BCUT2D eigenvalue weighted by atomic mass is 10.1. The number of sulfonamides is 1. The number of anilines is 1. The average Bonchev–Trinajstić information content (AvgIpc) is 2.78. The third kappa shape index (κ3) is 6.05. The van der Waals surface area contributed by atoms with Crippen LogP contribution in [-0.4, -0.2) is 28.0 Å². The minimum atomic E-state index is -3.92. The Balaban J connectivity index is 1.59. The summed E-state index contributed by atoms with van der Waals surface area (Å²) in [6, 6.07) is 18.4. The van der Waals surface area contributed by atoms with Crippen LogP contribution in [0.5, 0.6) is 5.75 Å². The van der Waals surface area contributed by atoms with Crippen LogP contribution in [0.15, 0.2) is 77.7 Å². The van der Waals surface area contributed by atoms with Gasteiger partial charge in [0.25, 0.3) is 15.9 Å². The second-order valence-electron chi connectivity index (χ2n) is 6.81. The lowest BCUT2D eigenvalue weighted by molar-refractivity contribution is 0.0953. The molecule has 0 radical (unpaired) electrons. The number of nitrogens with one attached hydrogen (secondary N) is 2. The predicted molar refractivity (Wildman–Crippen MR) is 117 cm³/mol. The molecule has 8 heteroatoms. The Morgan fingerprint density at radius 3 is 2.48 bits per heavy atom. The SMILES string of the molecule is COc1ccccc1CCCNC(=O)c1cccc(S(=O)(=O)Nc2ccc(F)cc2)c1. The third-order valence-corrected chi connectivity index (χ3v) is 5.98. The van der Waals surface area contributed by atoms with E-state index in [0.717, 1.165) is 29.9 Å². The van der Waals surface area contributed by atoms with Gasteiger partial charge in [-0.25, -0.2) is 12.8 Å². The van der Waals surface area contributed by atoms with Crippen molar-refractivity contribution in [1.29, 1.82) is 0 Å². The summed E-state index contributed by atoms with van der Waals surface area (Å²) in [4.78, 5) is 12.4. The first kappa shape index (κ1) is 22.3. The van der Waals surface area contributed by atoms with E-state index in [1.54, 1.807) is 13.2 Å². The summed E-state index contributed by atoms with van der Waals surface area (Å²) < 4.78 is 45.9. The monoisotopic (exact) mass is 442 g/mol. The zero-order chi connectivity index (χ0) is 22.3. The number of halogens is 1. The van der Waals surface area contributed by atoms with Gasteiger partial charge in [0.2, 0.25) is 0 Å². The van der Waals surface area contributed by atoms with E-state index < -0.39 is 15.8 Å². The van der Waals surface area contributed by atoms with Crippen LogP contribution in [0.2, 0.25) is 0 Å². The van der Waals surface area contributed by atoms with Gasteiger partial charge in [0.1, 0.15) is 11.6 Å². The van der Waals surface area contributed by atoms with Crippen LogP contribution >= 0.6 is 0 Å². The first-order chi connectivity index (χ1) is 14.9. The van der Waals surface area contributed by atoms with Crippen molar-refractivity contribution in [3.63, 3.8) is 0 Å². The van der Waals surface area contributed by atoms with E-state index in [1.807, 2.05) is 24.3 Å².